The number of anilines is 6. The fourth-order valence-corrected chi connectivity index (χ4v) is 5.70. The maximum atomic E-state index is 11.8. The lowest BCUT2D eigenvalue weighted by molar-refractivity contribution is -0.432. The number of hydrogen-bond acceptors (Lipinski definition) is 20. The average Bonchev–Trinajstić information content (AvgIpc) is 3.01. The van der Waals surface area contributed by atoms with E-state index in [1.807, 2.05) is 0 Å². The first kappa shape index (κ1) is 37.7. The molecule has 0 unspecified atom stereocenters. The first-order valence-electron chi connectivity index (χ1n) is 12.7. The van der Waals surface area contributed by atoms with Crippen molar-refractivity contribution in [1.82, 2.24) is 15.0 Å². The second kappa shape index (κ2) is 14.4. The quantitative estimate of drug-likeness (QED) is 0.0287. The molecule has 0 aliphatic carbocycles. The lowest BCUT2D eigenvalue weighted by Crippen LogP contribution is -2.10. The number of carboxylic acids is 3. The van der Waals surface area contributed by atoms with Gasteiger partial charge in [0.2, 0.25) is 17.8 Å². The lowest BCUT2D eigenvalue weighted by Gasteiger charge is -2.15. The van der Waals surface area contributed by atoms with Gasteiger partial charge in [0.1, 0.15) is 32.2 Å². The number of carbonyl (C=O) groups is 3. The molecule has 0 fully saturated rings. The van der Waals surface area contributed by atoms with Gasteiger partial charge in [-0.1, -0.05) is 5.04 Å². The Bertz CT molecular complexity index is 2200. The van der Waals surface area contributed by atoms with E-state index in [1.54, 1.807) is 0 Å². The van der Waals surface area contributed by atoms with E-state index >= 15 is 0 Å². The van der Waals surface area contributed by atoms with Gasteiger partial charge in [-0.25, -0.2) is 19.6 Å². The Balaban J connectivity index is 1.91. The van der Waals surface area contributed by atoms with Crippen molar-refractivity contribution < 1.29 is 85.6 Å². The van der Waals surface area contributed by atoms with E-state index in [1.165, 1.54) is 0 Å². The van der Waals surface area contributed by atoms with Crippen molar-refractivity contribution in [3.63, 3.8) is 0 Å². The van der Waals surface area contributed by atoms with E-state index in [2.05, 4.69) is 40.3 Å². The minimum absolute atomic E-state index is 0.150. The van der Waals surface area contributed by atoms with E-state index < -0.39 is 111 Å². The molecule has 0 amide bonds. The highest BCUT2D eigenvalue weighted by Gasteiger charge is 2.26. The van der Waals surface area contributed by atoms with Crippen molar-refractivity contribution >= 4 is 85.1 Å². The van der Waals surface area contributed by atoms with Crippen LogP contribution in [0.4, 0.5) is 34.9 Å². The van der Waals surface area contributed by atoms with Gasteiger partial charge in [-0.15, -0.1) is 4.33 Å². The van der Waals surface area contributed by atoms with Crippen molar-refractivity contribution in [3.8, 4) is 17.2 Å². The van der Waals surface area contributed by atoms with Crippen molar-refractivity contribution in [1.29, 1.82) is 0 Å². The molecule has 0 radical (unpaired) electrons. The van der Waals surface area contributed by atoms with Crippen LogP contribution < -0.4 is 16.0 Å². The Kier molecular flexibility index (Phi) is 10.7. The Morgan fingerprint density at radius 3 is 1.24 bits per heavy atom. The van der Waals surface area contributed by atoms with Crippen LogP contribution in [0.15, 0.2) is 51.1 Å². The zero-order valence-corrected chi connectivity index (χ0v) is 26.7. The third kappa shape index (κ3) is 8.75. The van der Waals surface area contributed by atoms with Crippen LogP contribution in [0.1, 0.15) is 31.1 Å². The summed E-state index contributed by atoms with van der Waals surface area (Å²) in [4.78, 5) is 44.1. The lowest BCUT2D eigenvalue weighted by atomic mass is 10.1. The Morgan fingerprint density at radius 2 is 0.922 bits per heavy atom. The SMILES string of the molecule is O=C(O)c1cc(Nc2nc(Nc3cc(C(=O)O)c(O)c(S(=O)(=O)O)c3)nc(Nc3cc(C(=O)O)c(O)c(S(=O)(=O)O)c3)n2)cc(SOOO)c1O. The summed E-state index contributed by atoms with van der Waals surface area (Å²) in [6, 6.07) is 4.43. The molecule has 1 heterocycles. The maximum Gasteiger partial charge on any atom is 0.339 e. The van der Waals surface area contributed by atoms with Crippen molar-refractivity contribution in [2.75, 3.05) is 16.0 Å². The zero-order chi connectivity index (χ0) is 38.0. The molecule has 27 heteroatoms. The van der Waals surface area contributed by atoms with Gasteiger partial charge in [-0.2, -0.15) is 31.8 Å². The molecule has 0 aliphatic rings. The number of phenols is 3. The van der Waals surface area contributed by atoms with Crippen LogP contribution in [-0.2, 0) is 29.6 Å². The number of carboxylic acid groups (broad SMARTS) is 3. The summed E-state index contributed by atoms with van der Waals surface area (Å²) in [7, 11) is -10.5. The summed E-state index contributed by atoms with van der Waals surface area (Å²) in [5.41, 5.74) is -4.00. The molecule has 24 nitrogen and oxygen atoms in total. The van der Waals surface area contributed by atoms with Crippen molar-refractivity contribution in [2.45, 2.75) is 14.7 Å². The summed E-state index contributed by atoms with van der Waals surface area (Å²) >= 11 is 0.150. The van der Waals surface area contributed by atoms with Crippen LogP contribution in [0, 0.1) is 0 Å². The standard InChI is InChI=1S/C24H18N6O18S3/c31-16-10(19(34)35)1-7(4-13(16)49-48-47-40)25-22-28-23(26-8-2-11(20(36)37)17(32)14(5-8)50(41,42)43)30-24(29-22)27-9-3-12(21(38)39)18(33)15(6-9)51(44,45)46/h1-6,31-33,40H,(H,34,35)(H,36,37)(H,38,39)(H,41,42,43)(H,44,45,46)(H3,25,26,27,28,29,30). The summed E-state index contributed by atoms with van der Waals surface area (Å²) in [5, 5.41) is 78.1. The van der Waals surface area contributed by atoms with Gasteiger partial charge in [0.25, 0.3) is 20.2 Å². The summed E-state index contributed by atoms with van der Waals surface area (Å²) in [5.74, 6) is -10.7. The molecular weight excluding hydrogens is 756 g/mol. The Hall–Kier alpha value is -6.07. The number of aromatic carboxylic acids is 3. The average molecular weight is 775 g/mol. The molecule has 4 rings (SSSR count). The summed E-state index contributed by atoms with van der Waals surface area (Å²) < 4.78 is 70.6. The number of nitrogens with one attached hydrogen (secondary N) is 3. The highest BCUT2D eigenvalue weighted by molar-refractivity contribution is 7.94. The molecule has 270 valence electrons. The van der Waals surface area contributed by atoms with Crippen LogP contribution in [0.5, 0.6) is 17.2 Å². The largest absolute Gasteiger partial charge is 0.506 e. The smallest absolute Gasteiger partial charge is 0.339 e. The third-order valence-electron chi connectivity index (χ3n) is 6.03. The minimum atomic E-state index is -5.23. The second-order valence-corrected chi connectivity index (χ2v) is 12.9. The highest BCUT2D eigenvalue weighted by Crippen LogP contribution is 2.37. The molecular formula is C24H18N6O18S3. The molecule has 0 saturated carbocycles. The minimum Gasteiger partial charge on any atom is -0.506 e. The third-order valence-corrected chi connectivity index (χ3v) is 8.38. The molecule has 0 spiro atoms. The molecule has 0 saturated heterocycles. The number of aromatic hydroxyl groups is 3. The van der Waals surface area contributed by atoms with Crippen molar-refractivity contribution in [2.24, 2.45) is 0 Å². The molecule has 12 N–H and O–H groups in total. The van der Waals surface area contributed by atoms with Gasteiger partial charge < -0.3 is 46.6 Å². The highest BCUT2D eigenvalue weighted by atomic mass is 32.2. The first-order valence-corrected chi connectivity index (χ1v) is 16.3. The van der Waals surface area contributed by atoms with Crippen LogP contribution >= 0.6 is 12.0 Å². The van der Waals surface area contributed by atoms with Crippen LogP contribution in [0.2, 0.25) is 0 Å². The van der Waals surface area contributed by atoms with Crippen LogP contribution in [-0.4, -0.2) is 94.7 Å². The molecule has 51 heavy (non-hydrogen) atoms. The number of nitrogens with zero attached hydrogens (tertiary/aromatic N) is 3. The van der Waals surface area contributed by atoms with Crippen LogP contribution in [0.25, 0.3) is 0 Å². The fraction of sp³-hybridized carbons (Fsp3) is 0. The molecule has 3 aromatic carbocycles. The molecule has 0 aliphatic heterocycles. The molecule has 4 aromatic rings. The van der Waals surface area contributed by atoms with Crippen molar-refractivity contribution in [3.05, 3.63) is 53.1 Å². The Labute approximate surface area is 286 Å². The molecule has 0 bridgehead atoms. The number of benzene rings is 3. The normalized spacial score (nSPS) is 11.5. The van der Waals surface area contributed by atoms with E-state index in [-0.39, 0.29) is 22.6 Å². The number of hydrogen-bond donors (Lipinski definition) is 12. The predicted molar refractivity (Wildman–Crippen MR) is 165 cm³/mol. The second-order valence-electron chi connectivity index (χ2n) is 9.38. The topological polar surface area (TPSA) is 395 Å². The summed E-state index contributed by atoms with van der Waals surface area (Å²) in [6.45, 7) is 0. The van der Waals surface area contributed by atoms with E-state index in [0.717, 1.165) is 12.1 Å². The van der Waals surface area contributed by atoms with Gasteiger partial charge in [0.15, 0.2) is 11.5 Å². The fourth-order valence-electron chi connectivity index (χ4n) is 3.97. The molecule has 1 aromatic heterocycles. The maximum absolute atomic E-state index is 11.8. The van der Waals surface area contributed by atoms with Gasteiger partial charge in [0.05, 0.1) is 16.9 Å². The zero-order valence-electron chi connectivity index (χ0n) is 24.2. The summed E-state index contributed by atoms with van der Waals surface area (Å²) in [6.07, 6.45) is 0. The van der Waals surface area contributed by atoms with Gasteiger partial charge >= 0.3 is 17.9 Å². The van der Waals surface area contributed by atoms with Gasteiger partial charge in [0, 0.05) is 17.1 Å². The first-order chi connectivity index (χ1) is 23.7. The van der Waals surface area contributed by atoms with E-state index in [4.69, 9.17) is 5.26 Å². The number of rotatable bonds is 14. The van der Waals surface area contributed by atoms with E-state index in [9.17, 15) is 71.0 Å². The van der Waals surface area contributed by atoms with Crippen LogP contribution in [0.3, 0.4) is 0 Å². The number of aromatic nitrogens is 3. The monoisotopic (exact) mass is 774 g/mol. The van der Waals surface area contributed by atoms with E-state index in [0.29, 0.717) is 24.3 Å². The Morgan fingerprint density at radius 1 is 0.588 bits per heavy atom. The predicted octanol–water partition coefficient (Wildman–Crippen LogP) is 2.24. The van der Waals surface area contributed by atoms with Gasteiger partial charge in [-0.3, -0.25) is 9.11 Å². The van der Waals surface area contributed by atoms with Gasteiger partial charge in [-0.05, 0) is 36.4 Å². The molecule has 0 atom stereocenters.